The standard InChI is InChI=1S/C13H19N5O2/c1-9-6-17(7-10(2)20-9)12-11-5-16-18(3-4-19)13(11)15-8-14-12/h5,8-10,19H,3-4,6-7H2,1-2H3. The summed E-state index contributed by atoms with van der Waals surface area (Å²) in [7, 11) is 0. The molecule has 2 aromatic rings. The highest BCUT2D eigenvalue weighted by molar-refractivity contribution is 5.86. The van der Waals surface area contributed by atoms with E-state index in [4.69, 9.17) is 9.84 Å². The normalized spacial score (nSPS) is 23.4. The van der Waals surface area contributed by atoms with Gasteiger partial charge in [0.05, 0.1) is 36.9 Å². The van der Waals surface area contributed by atoms with Crippen molar-refractivity contribution in [1.82, 2.24) is 19.7 Å². The molecule has 1 fully saturated rings. The molecule has 1 aliphatic rings. The predicted octanol–water partition coefficient (Wildman–Crippen LogP) is 0.432. The van der Waals surface area contributed by atoms with Gasteiger partial charge >= 0.3 is 0 Å². The van der Waals surface area contributed by atoms with Gasteiger partial charge in [0.25, 0.3) is 0 Å². The first-order valence-electron chi connectivity index (χ1n) is 6.87. The molecule has 0 spiro atoms. The van der Waals surface area contributed by atoms with E-state index in [1.165, 1.54) is 0 Å². The Morgan fingerprint density at radius 1 is 1.30 bits per heavy atom. The van der Waals surface area contributed by atoms with Crippen molar-refractivity contribution < 1.29 is 9.84 Å². The summed E-state index contributed by atoms with van der Waals surface area (Å²) in [6.07, 6.45) is 3.68. The SMILES string of the molecule is CC1CN(c2ncnc3c2cnn3CCO)CC(C)O1. The van der Waals surface area contributed by atoms with Crippen LogP contribution < -0.4 is 4.90 Å². The van der Waals surface area contributed by atoms with Gasteiger partial charge < -0.3 is 14.7 Å². The second-order valence-corrected chi connectivity index (χ2v) is 5.19. The molecule has 0 saturated carbocycles. The summed E-state index contributed by atoms with van der Waals surface area (Å²) >= 11 is 0. The lowest BCUT2D eigenvalue weighted by Crippen LogP contribution is -2.45. The van der Waals surface area contributed by atoms with E-state index in [2.05, 4.69) is 33.8 Å². The number of nitrogens with zero attached hydrogens (tertiary/aromatic N) is 5. The summed E-state index contributed by atoms with van der Waals surface area (Å²) in [5.74, 6) is 0.890. The van der Waals surface area contributed by atoms with E-state index in [0.717, 1.165) is 29.9 Å². The van der Waals surface area contributed by atoms with Crippen LogP contribution in [0.3, 0.4) is 0 Å². The molecule has 2 unspecified atom stereocenters. The fourth-order valence-electron chi connectivity index (χ4n) is 2.74. The number of hydrogen-bond acceptors (Lipinski definition) is 6. The first-order chi connectivity index (χ1) is 9.69. The molecule has 7 nitrogen and oxygen atoms in total. The van der Waals surface area contributed by atoms with Crippen LogP contribution in [0.4, 0.5) is 5.82 Å². The van der Waals surface area contributed by atoms with E-state index in [0.29, 0.717) is 6.54 Å². The van der Waals surface area contributed by atoms with Crippen LogP contribution in [-0.4, -0.2) is 56.8 Å². The largest absolute Gasteiger partial charge is 0.394 e. The van der Waals surface area contributed by atoms with E-state index < -0.39 is 0 Å². The van der Waals surface area contributed by atoms with Gasteiger partial charge in [0.15, 0.2) is 5.65 Å². The molecule has 0 aromatic carbocycles. The second-order valence-electron chi connectivity index (χ2n) is 5.19. The van der Waals surface area contributed by atoms with Crippen LogP contribution in [0.15, 0.2) is 12.5 Å². The van der Waals surface area contributed by atoms with Crippen molar-refractivity contribution in [3.8, 4) is 0 Å². The molecule has 0 radical (unpaired) electrons. The van der Waals surface area contributed by atoms with Gasteiger partial charge in [-0.2, -0.15) is 5.10 Å². The highest BCUT2D eigenvalue weighted by Gasteiger charge is 2.25. The minimum Gasteiger partial charge on any atom is -0.394 e. The first kappa shape index (κ1) is 13.3. The monoisotopic (exact) mass is 277 g/mol. The number of morpholine rings is 1. The zero-order valence-corrected chi connectivity index (χ0v) is 11.7. The van der Waals surface area contributed by atoms with Crippen molar-refractivity contribution >= 4 is 16.9 Å². The molecule has 7 heteroatoms. The molecule has 108 valence electrons. The summed E-state index contributed by atoms with van der Waals surface area (Å²) < 4.78 is 7.46. The van der Waals surface area contributed by atoms with E-state index in [9.17, 15) is 0 Å². The predicted molar refractivity (Wildman–Crippen MR) is 74.6 cm³/mol. The van der Waals surface area contributed by atoms with Crippen LogP contribution in [0.25, 0.3) is 11.0 Å². The van der Waals surface area contributed by atoms with E-state index in [-0.39, 0.29) is 18.8 Å². The minimum atomic E-state index is 0.0434. The van der Waals surface area contributed by atoms with E-state index in [1.54, 1.807) is 17.2 Å². The Hall–Kier alpha value is -1.73. The molecule has 2 aromatic heterocycles. The van der Waals surface area contributed by atoms with Crippen molar-refractivity contribution in [2.75, 3.05) is 24.6 Å². The fraction of sp³-hybridized carbons (Fsp3) is 0.615. The van der Waals surface area contributed by atoms with Crippen LogP contribution in [-0.2, 0) is 11.3 Å². The maximum absolute atomic E-state index is 9.05. The highest BCUT2D eigenvalue weighted by atomic mass is 16.5. The molecule has 1 N–H and O–H groups in total. The quantitative estimate of drug-likeness (QED) is 0.877. The van der Waals surface area contributed by atoms with Crippen molar-refractivity contribution in [1.29, 1.82) is 0 Å². The first-order valence-corrected chi connectivity index (χ1v) is 6.87. The van der Waals surface area contributed by atoms with Crippen LogP contribution in [0, 0.1) is 0 Å². The Labute approximate surface area is 117 Å². The summed E-state index contributed by atoms with van der Waals surface area (Å²) in [4.78, 5) is 10.9. The number of anilines is 1. The van der Waals surface area contributed by atoms with Crippen LogP contribution in [0.1, 0.15) is 13.8 Å². The zero-order valence-electron chi connectivity index (χ0n) is 11.7. The molecule has 1 aliphatic heterocycles. The van der Waals surface area contributed by atoms with Crippen LogP contribution in [0.5, 0.6) is 0 Å². The molecule has 2 atom stereocenters. The van der Waals surface area contributed by atoms with Gasteiger partial charge in [-0.3, -0.25) is 0 Å². The Bertz CT molecular complexity index is 589. The van der Waals surface area contributed by atoms with Gasteiger partial charge in [0, 0.05) is 13.1 Å². The smallest absolute Gasteiger partial charge is 0.163 e. The summed E-state index contributed by atoms with van der Waals surface area (Å²) in [6, 6.07) is 0. The number of aliphatic hydroxyl groups excluding tert-OH is 1. The lowest BCUT2D eigenvalue weighted by atomic mass is 10.2. The molecule has 0 bridgehead atoms. The number of aliphatic hydroxyl groups is 1. The maximum atomic E-state index is 9.05. The lowest BCUT2D eigenvalue weighted by molar-refractivity contribution is -0.00537. The molecular formula is C13H19N5O2. The third-order valence-corrected chi connectivity index (χ3v) is 3.44. The van der Waals surface area contributed by atoms with Gasteiger partial charge in [-0.25, -0.2) is 14.6 Å². The fourth-order valence-corrected chi connectivity index (χ4v) is 2.74. The summed E-state index contributed by atoms with van der Waals surface area (Å²) in [5.41, 5.74) is 0.760. The molecular weight excluding hydrogens is 258 g/mol. The van der Waals surface area contributed by atoms with Gasteiger partial charge in [0.1, 0.15) is 12.1 Å². The van der Waals surface area contributed by atoms with Gasteiger partial charge in [-0.05, 0) is 13.8 Å². The van der Waals surface area contributed by atoms with Crippen LogP contribution in [0.2, 0.25) is 0 Å². The van der Waals surface area contributed by atoms with E-state index in [1.807, 2.05) is 0 Å². The summed E-state index contributed by atoms with van der Waals surface area (Å²) in [6.45, 7) is 6.23. The highest BCUT2D eigenvalue weighted by Crippen LogP contribution is 2.25. The molecule has 3 heterocycles. The number of aromatic nitrogens is 4. The van der Waals surface area contributed by atoms with Gasteiger partial charge in [0.2, 0.25) is 0 Å². The van der Waals surface area contributed by atoms with Crippen molar-refractivity contribution in [2.24, 2.45) is 0 Å². The Balaban J connectivity index is 1.99. The average molecular weight is 277 g/mol. The zero-order chi connectivity index (χ0) is 14.1. The van der Waals surface area contributed by atoms with Crippen molar-refractivity contribution in [3.63, 3.8) is 0 Å². The van der Waals surface area contributed by atoms with Gasteiger partial charge in [-0.15, -0.1) is 0 Å². The minimum absolute atomic E-state index is 0.0434. The molecule has 0 amide bonds. The third kappa shape index (κ3) is 2.34. The Morgan fingerprint density at radius 2 is 2.05 bits per heavy atom. The second kappa shape index (κ2) is 5.34. The average Bonchev–Trinajstić information content (AvgIpc) is 2.81. The topological polar surface area (TPSA) is 76.3 Å². The van der Waals surface area contributed by atoms with E-state index >= 15 is 0 Å². The Morgan fingerprint density at radius 3 is 2.75 bits per heavy atom. The molecule has 1 saturated heterocycles. The molecule has 3 rings (SSSR count). The third-order valence-electron chi connectivity index (χ3n) is 3.44. The number of hydrogen-bond donors (Lipinski definition) is 1. The summed E-state index contributed by atoms with van der Waals surface area (Å²) in [5, 5.41) is 14.2. The number of rotatable bonds is 3. The number of fused-ring (bicyclic) bond motifs is 1. The van der Waals surface area contributed by atoms with Crippen molar-refractivity contribution in [3.05, 3.63) is 12.5 Å². The van der Waals surface area contributed by atoms with Gasteiger partial charge in [-0.1, -0.05) is 0 Å². The van der Waals surface area contributed by atoms with Crippen molar-refractivity contribution in [2.45, 2.75) is 32.6 Å². The molecule has 0 aliphatic carbocycles. The molecule has 20 heavy (non-hydrogen) atoms. The number of ether oxygens (including phenoxy) is 1. The maximum Gasteiger partial charge on any atom is 0.163 e. The lowest BCUT2D eigenvalue weighted by Gasteiger charge is -2.36. The van der Waals surface area contributed by atoms with Crippen LogP contribution >= 0.6 is 0 Å². The Kier molecular flexibility index (Phi) is 3.54.